The molecule has 1 aromatic carbocycles. The van der Waals surface area contributed by atoms with Crippen LogP contribution in [0.5, 0.6) is 0 Å². The zero-order valence-corrected chi connectivity index (χ0v) is 10.1. The van der Waals surface area contributed by atoms with Gasteiger partial charge in [-0.3, -0.25) is 0 Å². The number of hydrogen-bond donors (Lipinski definition) is 3. The van der Waals surface area contributed by atoms with Gasteiger partial charge in [0.25, 0.3) is 0 Å². The summed E-state index contributed by atoms with van der Waals surface area (Å²) in [5, 5.41) is 9.00. The summed E-state index contributed by atoms with van der Waals surface area (Å²) in [6.45, 7) is 1.83. The minimum atomic E-state index is -0.447. The largest absolute Gasteiger partial charge is 0.395 e. The van der Waals surface area contributed by atoms with Gasteiger partial charge in [0.15, 0.2) is 0 Å². The molecule has 5 heteroatoms. The van der Waals surface area contributed by atoms with E-state index in [1.54, 1.807) is 0 Å². The lowest BCUT2D eigenvalue weighted by Crippen LogP contribution is -2.37. The third-order valence-electron chi connectivity index (χ3n) is 3.19. The molecule has 17 heavy (non-hydrogen) atoms. The normalized spacial score (nSPS) is 15.1. The highest BCUT2D eigenvalue weighted by Gasteiger charge is 2.15. The Morgan fingerprint density at radius 2 is 2.12 bits per heavy atom. The molecule has 0 saturated heterocycles. The van der Waals surface area contributed by atoms with Crippen molar-refractivity contribution in [2.75, 3.05) is 6.61 Å². The first-order valence-electron chi connectivity index (χ1n) is 5.59. The summed E-state index contributed by atoms with van der Waals surface area (Å²) < 4.78 is 2.02. The van der Waals surface area contributed by atoms with Crippen molar-refractivity contribution in [1.82, 2.24) is 9.55 Å². The van der Waals surface area contributed by atoms with Gasteiger partial charge in [-0.25, -0.2) is 4.98 Å². The predicted octanol–water partition coefficient (Wildman–Crippen LogP) is 0.201. The second kappa shape index (κ2) is 4.44. The minimum absolute atomic E-state index is 0.125. The highest BCUT2D eigenvalue weighted by molar-refractivity contribution is 5.77. The number of hydrogen-bond acceptors (Lipinski definition) is 4. The summed E-state index contributed by atoms with van der Waals surface area (Å²) in [6.07, 6.45) is 0. The van der Waals surface area contributed by atoms with Gasteiger partial charge in [-0.2, -0.15) is 0 Å². The van der Waals surface area contributed by atoms with E-state index in [0.717, 1.165) is 22.4 Å². The molecular formula is C12H18N4O. The van der Waals surface area contributed by atoms with Gasteiger partial charge in [0.2, 0.25) is 0 Å². The van der Waals surface area contributed by atoms with E-state index in [1.165, 1.54) is 0 Å². The minimum Gasteiger partial charge on any atom is -0.395 e. The van der Waals surface area contributed by atoms with Gasteiger partial charge in [0, 0.05) is 19.1 Å². The molecule has 1 heterocycles. The molecule has 0 radical (unpaired) electrons. The van der Waals surface area contributed by atoms with Crippen molar-refractivity contribution in [1.29, 1.82) is 0 Å². The fraction of sp³-hybridized carbons (Fsp3) is 0.417. The first kappa shape index (κ1) is 12.0. The van der Waals surface area contributed by atoms with Gasteiger partial charge in [-0.05, 0) is 24.6 Å². The molecule has 0 saturated carbocycles. The standard InChI is InChI=1S/C12H18N4O/c1-7-15-10-5-8(12(14)9(13)6-17)3-4-11(10)16(7)2/h3-5,9,12,17H,6,13-14H2,1-2H3. The quantitative estimate of drug-likeness (QED) is 0.707. The summed E-state index contributed by atoms with van der Waals surface area (Å²) >= 11 is 0. The maximum Gasteiger partial charge on any atom is 0.106 e. The van der Waals surface area contributed by atoms with Crippen molar-refractivity contribution in [2.45, 2.75) is 19.0 Å². The third-order valence-corrected chi connectivity index (χ3v) is 3.19. The van der Waals surface area contributed by atoms with Gasteiger partial charge < -0.3 is 21.1 Å². The number of nitrogens with zero attached hydrogens (tertiary/aromatic N) is 2. The lowest BCUT2D eigenvalue weighted by molar-refractivity contribution is 0.250. The Labute approximate surface area is 100 Å². The molecule has 0 aliphatic rings. The van der Waals surface area contributed by atoms with Crippen LogP contribution < -0.4 is 11.5 Å². The Morgan fingerprint density at radius 1 is 1.41 bits per heavy atom. The van der Waals surface area contributed by atoms with Crippen LogP contribution in [-0.4, -0.2) is 27.3 Å². The molecule has 2 rings (SSSR count). The average molecular weight is 234 g/mol. The number of aliphatic hydroxyl groups is 1. The van der Waals surface area contributed by atoms with Crippen molar-refractivity contribution in [2.24, 2.45) is 18.5 Å². The molecule has 0 aliphatic heterocycles. The molecule has 92 valence electrons. The van der Waals surface area contributed by atoms with Crippen molar-refractivity contribution in [3.63, 3.8) is 0 Å². The van der Waals surface area contributed by atoms with Crippen LogP contribution in [0, 0.1) is 6.92 Å². The second-order valence-corrected chi connectivity index (χ2v) is 4.34. The van der Waals surface area contributed by atoms with E-state index in [1.807, 2.05) is 36.7 Å². The topological polar surface area (TPSA) is 90.1 Å². The van der Waals surface area contributed by atoms with Crippen LogP contribution in [0.15, 0.2) is 18.2 Å². The Balaban J connectivity index is 2.44. The number of aromatic nitrogens is 2. The molecule has 0 bridgehead atoms. The molecule has 0 aliphatic carbocycles. The van der Waals surface area contributed by atoms with E-state index in [2.05, 4.69) is 4.98 Å². The van der Waals surface area contributed by atoms with E-state index >= 15 is 0 Å². The molecule has 0 fully saturated rings. The monoisotopic (exact) mass is 234 g/mol. The van der Waals surface area contributed by atoms with Crippen LogP contribution >= 0.6 is 0 Å². The van der Waals surface area contributed by atoms with Gasteiger partial charge >= 0.3 is 0 Å². The molecule has 2 atom stereocenters. The summed E-state index contributed by atoms with van der Waals surface area (Å²) in [5.74, 6) is 0.956. The zero-order chi connectivity index (χ0) is 12.6. The molecule has 2 unspecified atom stereocenters. The number of imidazole rings is 1. The van der Waals surface area contributed by atoms with Crippen LogP contribution in [0.25, 0.3) is 11.0 Å². The number of nitrogens with two attached hydrogens (primary N) is 2. The Hall–Kier alpha value is -1.43. The lowest BCUT2D eigenvalue weighted by Gasteiger charge is -2.17. The highest BCUT2D eigenvalue weighted by atomic mass is 16.3. The van der Waals surface area contributed by atoms with Crippen LogP contribution in [0.2, 0.25) is 0 Å². The number of rotatable bonds is 3. The molecular weight excluding hydrogens is 216 g/mol. The summed E-state index contributed by atoms with van der Waals surface area (Å²) in [7, 11) is 1.98. The third kappa shape index (κ3) is 2.04. The Kier molecular flexibility index (Phi) is 3.15. The van der Waals surface area contributed by atoms with Crippen LogP contribution in [-0.2, 0) is 7.05 Å². The fourth-order valence-corrected chi connectivity index (χ4v) is 1.91. The van der Waals surface area contributed by atoms with Gasteiger partial charge in [0.1, 0.15) is 5.82 Å². The van der Waals surface area contributed by atoms with Crippen molar-refractivity contribution in [3.05, 3.63) is 29.6 Å². The van der Waals surface area contributed by atoms with Gasteiger partial charge in [-0.1, -0.05) is 6.07 Å². The van der Waals surface area contributed by atoms with E-state index in [0.29, 0.717) is 0 Å². The molecule has 2 aromatic rings. The van der Waals surface area contributed by atoms with E-state index in [4.69, 9.17) is 16.6 Å². The summed E-state index contributed by atoms with van der Waals surface area (Å²) in [6, 6.07) is 5.03. The average Bonchev–Trinajstić information content (AvgIpc) is 2.62. The molecule has 5 N–H and O–H groups in total. The van der Waals surface area contributed by atoms with E-state index in [9.17, 15) is 0 Å². The molecule has 0 spiro atoms. The number of aliphatic hydroxyl groups excluding tert-OH is 1. The zero-order valence-electron chi connectivity index (χ0n) is 10.1. The van der Waals surface area contributed by atoms with Crippen molar-refractivity contribution in [3.8, 4) is 0 Å². The maximum atomic E-state index is 9.00. The number of fused-ring (bicyclic) bond motifs is 1. The summed E-state index contributed by atoms with van der Waals surface area (Å²) in [5.41, 5.74) is 14.6. The summed E-state index contributed by atoms with van der Waals surface area (Å²) in [4.78, 5) is 4.44. The number of aryl methyl sites for hydroxylation is 2. The highest BCUT2D eigenvalue weighted by Crippen LogP contribution is 2.20. The maximum absolute atomic E-state index is 9.00. The van der Waals surface area contributed by atoms with Crippen LogP contribution in [0.4, 0.5) is 0 Å². The lowest BCUT2D eigenvalue weighted by atomic mass is 10.0. The SMILES string of the molecule is Cc1nc2cc(C(N)C(N)CO)ccc2n1C. The first-order valence-corrected chi connectivity index (χ1v) is 5.59. The van der Waals surface area contributed by atoms with Crippen molar-refractivity contribution < 1.29 is 5.11 Å². The van der Waals surface area contributed by atoms with Crippen LogP contribution in [0.1, 0.15) is 17.4 Å². The first-order chi connectivity index (χ1) is 8.04. The van der Waals surface area contributed by atoms with E-state index < -0.39 is 6.04 Å². The van der Waals surface area contributed by atoms with Crippen molar-refractivity contribution >= 4 is 11.0 Å². The van der Waals surface area contributed by atoms with Gasteiger partial charge in [0.05, 0.1) is 17.6 Å². The van der Waals surface area contributed by atoms with Crippen LogP contribution in [0.3, 0.4) is 0 Å². The van der Waals surface area contributed by atoms with Gasteiger partial charge in [-0.15, -0.1) is 0 Å². The molecule has 1 aromatic heterocycles. The molecule has 0 amide bonds. The second-order valence-electron chi connectivity index (χ2n) is 4.34. The Bertz CT molecular complexity index is 535. The van der Waals surface area contributed by atoms with E-state index in [-0.39, 0.29) is 12.6 Å². The Morgan fingerprint density at radius 3 is 2.76 bits per heavy atom. The predicted molar refractivity (Wildman–Crippen MR) is 67.4 cm³/mol. The molecule has 5 nitrogen and oxygen atoms in total. The smallest absolute Gasteiger partial charge is 0.106 e. The number of benzene rings is 1. The fourth-order valence-electron chi connectivity index (χ4n) is 1.91.